The van der Waals surface area contributed by atoms with Crippen LogP contribution in [-0.2, 0) is 13.0 Å². The molecular weight excluding hydrogens is 348 g/mol. The molecule has 4 rings (SSSR count). The number of benzene rings is 1. The van der Waals surface area contributed by atoms with Gasteiger partial charge in [-0.2, -0.15) is 0 Å². The van der Waals surface area contributed by atoms with E-state index in [1.165, 1.54) is 11.0 Å². The van der Waals surface area contributed by atoms with Gasteiger partial charge in [-0.1, -0.05) is 13.8 Å². The summed E-state index contributed by atoms with van der Waals surface area (Å²) in [6.07, 6.45) is 0.477. The molecule has 8 heteroatoms. The molecule has 0 aliphatic carbocycles. The second kappa shape index (κ2) is 6.22. The molecule has 0 saturated carbocycles. The maximum absolute atomic E-state index is 12.9. The van der Waals surface area contributed by atoms with Gasteiger partial charge in [-0.05, 0) is 30.5 Å². The van der Waals surface area contributed by atoms with Gasteiger partial charge in [0.25, 0.3) is 23.3 Å². The number of nitrogens with zero attached hydrogens (tertiary/aromatic N) is 2. The molecule has 27 heavy (non-hydrogen) atoms. The molecule has 1 aromatic heterocycles. The Morgan fingerprint density at radius 3 is 2.59 bits per heavy atom. The smallest absolute Gasteiger partial charge is 0.267 e. The van der Waals surface area contributed by atoms with Gasteiger partial charge in [-0.15, -0.1) is 0 Å². The Morgan fingerprint density at radius 2 is 1.85 bits per heavy atom. The quantitative estimate of drug-likeness (QED) is 0.793. The summed E-state index contributed by atoms with van der Waals surface area (Å²) in [5.74, 6) is -0.725. The van der Waals surface area contributed by atoms with E-state index in [9.17, 15) is 19.2 Å². The number of carbonyl (C=O) groups is 3. The third-order valence-electron chi connectivity index (χ3n) is 5.00. The second-order valence-corrected chi connectivity index (χ2v) is 7.39. The number of aromatic nitrogens is 2. The highest BCUT2D eigenvalue weighted by Gasteiger charge is 2.36. The average molecular weight is 368 g/mol. The number of H-pyrrole nitrogens is 2. The molecule has 2 N–H and O–H groups in total. The molecule has 3 heterocycles. The number of hydrogen-bond donors (Lipinski definition) is 2. The van der Waals surface area contributed by atoms with Gasteiger partial charge < -0.3 is 10.00 Å². The molecule has 0 bridgehead atoms. The number of carbonyl (C=O) groups excluding carboxylic acids is 3. The summed E-state index contributed by atoms with van der Waals surface area (Å²) < 4.78 is 0. The van der Waals surface area contributed by atoms with Crippen LogP contribution in [0, 0.1) is 5.92 Å². The van der Waals surface area contributed by atoms with Gasteiger partial charge in [-0.25, -0.2) is 0 Å². The minimum Gasteiger partial charge on any atom is -0.332 e. The Labute approximate surface area is 155 Å². The third kappa shape index (κ3) is 2.77. The summed E-state index contributed by atoms with van der Waals surface area (Å²) in [6.45, 7) is 4.96. The maximum Gasteiger partial charge on any atom is 0.267 e. The highest BCUT2D eigenvalue weighted by atomic mass is 16.2. The van der Waals surface area contributed by atoms with Crippen LogP contribution < -0.4 is 5.56 Å². The van der Waals surface area contributed by atoms with E-state index in [0.29, 0.717) is 48.4 Å². The average Bonchev–Trinajstić information content (AvgIpc) is 3.13. The van der Waals surface area contributed by atoms with Gasteiger partial charge in [-0.3, -0.25) is 29.2 Å². The summed E-state index contributed by atoms with van der Waals surface area (Å²) in [4.78, 5) is 52.4. The highest BCUT2D eigenvalue weighted by Crippen LogP contribution is 2.26. The number of rotatable bonds is 3. The van der Waals surface area contributed by atoms with E-state index in [1.54, 1.807) is 17.0 Å². The Morgan fingerprint density at radius 1 is 1.11 bits per heavy atom. The zero-order chi connectivity index (χ0) is 19.3. The van der Waals surface area contributed by atoms with Crippen molar-refractivity contribution in [2.75, 3.05) is 13.1 Å². The molecule has 0 radical (unpaired) electrons. The van der Waals surface area contributed by atoms with E-state index in [2.05, 4.69) is 10.2 Å². The molecule has 8 nitrogen and oxygen atoms in total. The van der Waals surface area contributed by atoms with Crippen molar-refractivity contribution in [3.63, 3.8) is 0 Å². The van der Waals surface area contributed by atoms with Crippen LogP contribution in [0.5, 0.6) is 0 Å². The lowest BCUT2D eigenvalue weighted by Gasteiger charge is -2.26. The molecule has 0 unspecified atom stereocenters. The minimum absolute atomic E-state index is 0.149. The van der Waals surface area contributed by atoms with E-state index in [-0.39, 0.29) is 34.8 Å². The number of aromatic amines is 2. The summed E-state index contributed by atoms with van der Waals surface area (Å²) in [5.41, 5.74) is 2.21. The fourth-order valence-electron chi connectivity index (χ4n) is 3.65. The number of hydrogen-bond acceptors (Lipinski definition) is 4. The molecule has 0 saturated heterocycles. The van der Waals surface area contributed by atoms with Gasteiger partial charge >= 0.3 is 0 Å². The predicted molar refractivity (Wildman–Crippen MR) is 96.5 cm³/mol. The summed E-state index contributed by atoms with van der Waals surface area (Å²) >= 11 is 0. The fourth-order valence-corrected chi connectivity index (χ4v) is 3.65. The lowest BCUT2D eigenvalue weighted by Crippen LogP contribution is -2.37. The molecule has 2 aliphatic heterocycles. The first-order chi connectivity index (χ1) is 12.9. The van der Waals surface area contributed by atoms with Crippen LogP contribution in [0.4, 0.5) is 0 Å². The van der Waals surface area contributed by atoms with Gasteiger partial charge in [0.05, 0.1) is 23.4 Å². The fraction of sp³-hybridized carbons (Fsp3) is 0.368. The van der Waals surface area contributed by atoms with Gasteiger partial charge in [0.15, 0.2) is 0 Å². The summed E-state index contributed by atoms with van der Waals surface area (Å²) in [7, 11) is 0. The SMILES string of the molecule is CC(C)CN1C(=O)c2ccc(C(=O)N3CCc4c([nH][nH]c4=O)C3)cc2C1=O. The largest absolute Gasteiger partial charge is 0.332 e. The van der Waals surface area contributed by atoms with Gasteiger partial charge in [0.2, 0.25) is 0 Å². The molecule has 0 spiro atoms. The van der Waals surface area contributed by atoms with E-state index >= 15 is 0 Å². The maximum atomic E-state index is 12.9. The zero-order valence-corrected chi connectivity index (χ0v) is 15.2. The van der Waals surface area contributed by atoms with Crippen LogP contribution >= 0.6 is 0 Å². The van der Waals surface area contributed by atoms with Crippen molar-refractivity contribution in [3.05, 3.63) is 56.5 Å². The van der Waals surface area contributed by atoms with E-state index < -0.39 is 0 Å². The normalized spacial score (nSPS) is 16.1. The van der Waals surface area contributed by atoms with Crippen LogP contribution in [0.15, 0.2) is 23.0 Å². The van der Waals surface area contributed by atoms with Crippen LogP contribution in [0.2, 0.25) is 0 Å². The van der Waals surface area contributed by atoms with Crippen molar-refractivity contribution < 1.29 is 14.4 Å². The third-order valence-corrected chi connectivity index (χ3v) is 5.00. The Hall–Kier alpha value is -3.16. The van der Waals surface area contributed by atoms with Crippen LogP contribution in [0.3, 0.4) is 0 Å². The van der Waals surface area contributed by atoms with E-state index in [0.717, 1.165) is 0 Å². The van der Waals surface area contributed by atoms with Crippen LogP contribution in [-0.4, -0.2) is 50.8 Å². The zero-order valence-electron chi connectivity index (χ0n) is 15.2. The lowest BCUT2D eigenvalue weighted by molar-refractivity contribution is 0.0635. The van der Waals surface area contributed by atoms with Crippen LogP contribution in [0.25, 0.3) is 0 Å². The van der Waals surface area contributed by atoms with Crippen molar-refractivity contribution in [1.29, 1.82) is 0 Å². The molecule has 3 amide bonds. The molecule has 140 valence electrons. The monoisotopic (exact) mass is 368 g/mol. The predicted octanol–water partition coefficient (Wildman–Crippen LogP) is 1.15. The first kappa shape index (κ1) is 17.3. The second-order valence-electron chi connectivity index (χ2n) is 7.39. The first-order valence-electron chi connectivity index (χ1n) is 8.94. The standard InChI is InChI=1S/C19H20N4O4/c1-10(2)8-23-18(26)12-4-3-11(7-14(12)19(23)27)17(25)22-6-5-13-15(9-22)20-21-16(13)24/h3-4,7,10H,5-6,8-9H2,1-2H3,(H2,20,21,24). The van der Waals surface area contributed by atoms with Crippen molar-refractivity contribution in [1.82, 2.24) is 20.0 Å². The highest BCUT2D eigenvalue weighted by molar-refractivity contribution is 6.22. The summed E-state index contributed by atoms with van der Waals surface area (Å²) in [5, 5.41) is 5.34. The van der Waals surface area contributed by atoms with Crippen molar-refractivity contribution in [3.8, 4) is 0 Å². The number of imide groups is 1. The van der Waals surface area contributed by atoms with E-state index in [1.807, 2.05) is 13.8 Å². The number of amides is 3. The number of fused-ring (bicyclic) bond motifs is 2. The Kier molecular flexibility index (Phi) is 3.98. The molecular formula is C19H20N4O4. The van der Waals surface area contributed by atoms with Crippen molar-refractivity contribution in [2.45, 2.75) is 26.8 Å². The summed E-state index contributed by atoms with van der Waals surface area (Å²) in [6, 6.07) is 4.64. The topological polar surface area (TPSA) is 106 Å². The van der Waals surface area contributed by atoms with Crippen molar-refractivity contribution >= 4 is 17.7 Å². The Balaban J connectivity index is 1.59. The van der Waals surface area contributed by atoms with Crippen LogP contribution in [0.1, 0.15) is 56.2 Å². The lowest BCUT2D eigenvalue weighted by atomic mass is 10.0. The van der Waals surface area contributed by atoms with Gasteiger partial charge in [0.1, 0.15) is 0 Å². The molecule has 2 aromatic rings. The molecule has 0 fully saturated rings. The van der Waals surface area contributed by atoms with Gasteiger partial charge in [0, 0.05) is 24.2 Å². The Bertz CT molecular complexity index is 1020. The van der Waals surface area contributed by atoms with Crippen molar-refractivity contribution in [2.24, 2.45) is 5.92 Å². The molecule has 0 atom stereocenters. The first-order valence-corrected chi connectivity index (χ1v) is 8.94. The van der Waals surface area contributed by atoms with E-state index in [4.69, 9.17) is 0 Å². The molecule has 2 aliphatic rings. The number of nitrogens with one attached hydrogen (secondary N) is 2. The molecule has 1 aromatic carbocycles. The minimum atomic E-state index is -0.353.